The summed E-state index contributed by atoms with van der Waals surface area (Å²) in [6, 6.07) is 10.5. The largest absolute Gasteiger partial charge is 0.494 e. The van der Waals surface area contributed by atoms with Crippen molar-refractivity contribution in [3.8, 4) is 5.75 Å². The van der Waals surface area contributed by atoms with Crippen LogP contribution in [0.2, 0.25) is 0 Å². The highest BCUT2D eigenvalue weighted by atomic mass is 19.1. The van der Waals surface area contributed by atoms with Gasteiger partial charge in [0.15, 0.2) is 5.43 Å². The summed E-state index contributed by atoms with van der Waals surface area (Å²) in [7, 11) is 0. The average molecular weight is 452 g/mol. The van der Waals surface area contributed by atoms with Crippen LogP contribution in [0.25, 0.3) is 11.0 Å². The molecule has 0 spiro atoms. The van der Waals surface area contributed by atoms with Gasteiger partial charge in [-0.25, -0.2) is 4.39 Å². The van der Waals surface area contributed by atoms with E-state index in [1.54, 1.807) is 4.90 Å². The summed E-state index contributed by atoms with van der Waals surface area (Å²) in [5.41, 5.74) is 0.848. The van der Waals surface area contributed by atoms with E-state index in [1.807, 2.05) is 31.2 Å². The van der Waals surface area contributed by atoms with Crippen molar-refractivity contribution < 1.29 is 23.1 Å². The van der Waals surface area contributed by atoms with Crippen molar-refractivity contribution in [2.75, 3.05) is 46.0 Å². The van der Waals surface area contributed by atoms with Crippen LogP contribution in [0.5, 0.6) is 5.75 Å². The molecule has 0 radical (unpaired) electrons. The zero-order valence-electron chi connectivity index (χ0n) is 18.4. The number of morpholine rings is 1. The molecule has 0 saturated carbocycles. The molecule has 3 heterocycles. The molecule has 5 rings (SSSR count). The average Bonchev–Trinajstić information content (AvgIpc) is 3.11. The number of ether oxygens (including phenoxy) is 2. The summed E-state index contributed by atoms with van der Waals surface area (Å²) in [6.45, 7) is 6.43. The lowest BCUT2D eigenvalue weighted by molar-refractivity contribution is 0.0314. The molecule has 2 aliphatic rings. The second kappa shape index (κ2) is 8.96. The fourth-order valence-corrected chi connectivity index (χ4v) is 4.56. The Bertz CT molecular complexity index is 1230. The number of carbonyl (C=O) groups excluding carboxylic acids is 1. The Morgan fingerprint density at radius 1 is 1.06 bits per heavy atom. The molecule has 33 heavy (non-hydrogen) atoms. The standard InChI is InChI=1S/C25H25FN2O5/c1-2-32-18-6-3-16(4-7-18)22-21-23(29)19-15-17(26)5-8-20(19)33-24(21)25(30)28(22)10-9-27-11-13-31-14-12-27/h3-8,15,22H,2,9-14H2,1H3. The fourth-order valence-electron chi connectivity index (χ4n) is 4.56. The number of carbonyl (C=O) groups is 1. The monoisotopic (exact) mass is 452 g/mol. The molecule has 1 saturated heterocycles. The molecule has 1 unspecified atom stereocenters. The number of fused-ring (bicyclic) bond motifs is 2. The third-order valence-corrected chi connectivity index (χ3v) is 6.20. The summed E-state index contributed by atoms with van der Waals surface area (Å²) < 4.78 is 30.7. The fraction of sp³-hybridized carbons (Fsp3) is 0.360. The molecule has 2 aliphatic heterocycles. The number of nitrogens with zero attached hydrogens (tertiary/aromatic N) is 2. The summed E-state index contributed by atoms with van der Waals surface area (Å²) in [4.78, 5) is 30.8. The topological polar surface area (TPSA) is 72.2 Å². The Labute approximate surface area is 190 Å². The van der Waals surface area contributed by atoms with Crippen molar-refractivity contribution in [1.29, 1.82) is 0 Å². The van der Waals surface area contributed by atoms with E-state index in [9.17, 15) is 14.0 Å². The van der Waals surface area contributed by atoms with Crippen molar-refractivity contribution >= 4 is 16.9 Å². The molecule has 3 aromatic rings. The number of hydrogen-bond donors (Lipinski definition) is 0. The molecule has 0 bridgehead atoms. The molecule has 1 atom stereocenters. The molecule has 172 valence electrons. The minimum atomic E-state index is -0.617. The summed E-state index contributed by atoms with van der Waals surface area (Å²) in [5.74, 6) is -0.125. The maximum Gasteiger partial charge on any atom is 0.290 e. The molecule has 2 aromatic carbocycles. The maximum atomic E-state index is 13.9. The van der Waals surface area contributed by atoms with Gasteiger partial charge in [-0.15, -0.1) is 0 Å². The highest BCUT2D eigenvalue weighted by Gasteiger charge is 2.42. The first-order chi connectivity index (χ1) is 16.1. The van der Waals surface area contributed by atoms with E-state index in [0.29, 0.717) is 38.7 Å². The van der Waals surface area contributed by atoms with Gasteiger partial charge in [0.1, 0.15) is 17.1 Å². The van der Waals surface area contributed by atoms with Crippen LogP contribution in [0, 0.1) is 5.82 Å². The summed E-state index contributed by atoms with van der Waals surface area (Å²) in [5, 5.41) is 0.132. The lowest BCUT2D eigenvalue weighted by Crippen LogP contribution is -2.42. The lowest BCUT2D eigenvalue weighted by Gasteiger charge is -2.31. The molecular weight excluding hydrogens is 427 g/mol. The quantitative estimate of drug-likeness (QED) is 0.572. The van der Waals surface area contributed by atoms with Crippen molar-refractivity contribution in [1.82, 2.24) is 9.80 Å². The predicted octanol–water partition coefficient (Wildman–Crippen LogP) is 3.21. The second-order valence-corrected chi connectivity index (χ2v) is 8.17. The van der Waals surface area contributed by atoms with Crippen molar-refractivity contribution in [2.45, 2.75) is 13.0 Å². The number of amides is 1. The van der Waals surface area contributed by atoms with Crippen molar-refractivity contribution in [3.63, 3.8) is 0 Å². The molecule has 1 amide bonds. The smallest absolute Gasteiger partial charge is 0.290 e. The molecule has 0 aliphatic carbocycles. The zero-order chi connectivity index (χ0) is 22.9. The second-order valence-electron chi connectivity index (χ2n) is 8.17. The van der Waals surface area contributed by atoms with Gasteiger partial charge in [0.05, 0.1) is 36.8 Å². The Kier molecular flexibility index (Phi) is 5.86. The van der Waals surface area contributed by atoms with Gasteiger partial charge in [-0.3, -0.25) is 14.5 Å². The van der Waals surface area contributed by atoms with Crippen LogP contribution < -0.4 is 10.2 Å². The van der Waals surface area contributed by atoms with E-state index in [2.05, 4.69) is 4.90 Å². The van der Waals surface area contributed by atoms with Gasteiger partial charge in [-0.2, -0.15) is 0 Å². The van der Waals surface area contributed by atoms with Crippen LogP contribution in [-0.4, -0.2) is 61.7 Å². The number of benzene rings is 2. The van der Waals surface area contributed by atoms with Crippen LogP contribution in [0.4, 0.5) is 4.39 Å². The van der Waals surface area contributed by atoms with Crippen molar-refractivity contribution in [2.24, 2.45) is 0 Å². The number of halogens is 1. The first-order valence-electron chi connectivity index (χ1n) is 11.2. The first kappa shape index (κ1) is 21.6. The van der Waals surface area contributed by atoms with Gasteiger partial charge in [-0.1, -0.05) is 12.1 Å². The normalized spacial score (nSPS) is 18.7. The molecular formula is C25H25FN2O5. The SMILES string of the molecule is CCOc1ccc(C2c3c(oc4ccc(F)cc4c3=O)C(=O)N2CCN2CCOCC2)cc1. The zero-order valence-corrected chi connectivity index (χ0v) is 18.4. The highest BCUT2D eigenvalue weighted by Crippen LogP contribution is 2.38. The Morgan fingerprint density at radius 2 is 1.82 bits per heavy atom. The van der Waals surface area contributed by atoms with Crippen LogP contribution in [-0.2, 0) is 4.74 Å². The van der Waals surface area contributed by atoms with Gasteiger partial charge >= 0.3 is 0 Å². The van der Waals surface area contributed by atoms with E-state index in [-0.39, 0.29) is 33.6 Å². The highest BCUT2D eigenvalue weighted by molar-refractivity contribution is 5.99. The first-order valence-corrected chi connectivity index (χ1v) is 11.2. The van der Waals surface area contributed by atoms with Gasteiger partial charge in [0, 0.05) is 26.2 Å². The van der Waals surface area contributed by atoms with E-state index in [1.165, 1.54) is 12.1 Å². The van der Waals surface area contributed by atoms with E-state index in [0.717, 1.165) is 24.7 Å². The predicted molar refractivity (Wildman–Crippen MR) is 120 cm³/mol. The van der Waals surface area contributed by atoms with E-state index in [4.69, 9.17) is 13.9 Å². The molecule has 8 heteroatoms. The minimum Gasteiger partial charge on any atom is -0.494 e. The summed E-state index contributed by atoms with van der Waals surface area (Å²) >= 11 is 0. The van der Waals surface area contributed by atoms with Crippen LogP contribution in [0.1, 0.15) is 34.6 Å². The van der Waals surface area contributed by atoms with Crippen molar-refractivity contribution in [3.05, 3.63) is 75.4 Å². The number of hydrogen-bond acceptors (Lipinski definition) is 6. The maximum absolute atomic E-state index is 13.9. The van der Waals surface area contributed by atoms with Gasteiger partial charge < -0.3 is 18.8 Å². The third-order valence-electron chi connectivity index (χ3n) is 6.20. The molecule has 7 nitrogen and oxygen atoms in total. The minimum absolute atomic E-state index is 0.0278. The van der Waals surface area contributed by atoms with Gasteiger partial charge in [-0.05, 0) is 42.8 Å². The van der Waals surface area contributed by atoms with Gasteiger partial charge in [0.2, 0.25) is 5.76 Å². The third kappa shape index (κ3) is 4.00. The van der Waals surface area contributed by atoms with E-state index < -0.39 is 11.9 Å². The molecule has 1 aromatic heterocycles. The lowest BCUT2D eigenvalue weighted by atomic mass is 9.98. The summed E-state index contributed by atoms with van der Waals surface area (Å²) in [6.07, 6.45) is 0. The molecule has 0 N–H and O–H groups in total. The van der Waals surface area contributed by atoms with E-state index >= 15 is 0 Å². The Morgan fingerprint density at radius 3 is 2.55 bits per heavy atom. The van der Waals surface area contributed by atoms with Crippen LogP contribution >= 0.6 is 0 Å². The number of rotatable bonds is 6. The van der Waals surface area contributed by atoms with Gasteiger partial charge in [0.25, 0.3) is 5.91 Å². The molecule has 1 fully saturated rings. The Hall–Kier alpha value is -3.23. The van der Waals surface area contributed by atoms with Crippen LogP contribution in [0.3, 0.4) is 0 Å². The Balaban J connectivity index is 1.58. The van der Waals surface area contributed by atoms with Crippen LogP contribution in [0.15, 0.2) is 51.7 Å².